The van der Waals surface area contributed by atoms with Crippen molar-refractivity contribution in [2.24, 2.45) is 0 Å². The molecule has 0 aliphatic heterocycles. The van der Waals surface area contributed by atoms with Crippen LogP contribution in [0.2, 0.25) is 5.02 Å². The number of hydrogen-bond acceptors (Lipinski definition) is 4. The fourth-order valence-electron chi connectivity index (χ4n) is 3.26. The van der Waals surface area contributed by atoms with Crippen LogP contribution < -0.4 is 19.5 Å². The van der Waals surface area contributed by atoms with Crippen molar-refractivity contribution in [2.75, 3.05) is 11.9 Å². The highest BCUT2D eigenvalue weighted by atomic mass is 35.5. The van der Waals surface area contributed by atoms with E-state index in [1.807, 2.05) is 104 Å². The van der Waals surface area contributed by atoms with E-state index in [0.717, 1.165) is 39.8 Å². The minimum absolute atomic E-state index is 0.451. The predicted octanol–water partition coefficient (Wildman–Crippen LogP) is 7.72. The summed E-state index contributed by atoms with van der Waals surface area (Å²) >= 11 is 5.95. The lowest BCUT2D eigenvalue weighted by atomic mass is 10.2. The van der Waals surface area contributed by atoms with Gasteiger partial charge < -0.3 is 19.5 Å². The van der Waals surface area contributed by atoms with Gasteiger partial charge in [0.25, 0.3) is 0 Å². The maximum Gasteiger partial charge on any atom is 0.161 e. The van der Waals surface area contributed by atoms with Crippen molar-refractivity contribution in [3.05, 3.63) is 113 Å². The monoisotopic (exact) mass is 459 g/mol. The zero-order valence-electron chi connectivity index (χ0n) is 18.5. The average Bonchev–Trinajstić information content (AvgIpc) is 2.85. The van der Waals surface area contributed by atoms with E-state index >= 15 is 0 Å². The molecular formula is C28H26ClNO3. The molecule has 4 nitrogen and oxygen atoms in total. The Hall–Kier alpha value is -3.63. The van der Waals surface area contributed by atoms with Crippen LogP contribution in [0.3, 0.4) is 0 Å². The van der Waals surface area contributed by atoms with Crippen LogP contribution in [0.4, 0.5) is 5.69 Å². The van der Waals surface area contributed by atoms with Crippen LogP contribution in [-0.4, -0.2) is 6.61 Å². The second-order valence-electron chi connectivity index (χ2n) is 7.42. The van der Waals surface area contributed by atoms with E-state index in [-0.39, 0.29) is 0 Å². The molecule has 0 radical (unpaired) electrons. The Kier molecular flexibility index (Phi) is 7.72. The van der Waals surface area contributed by atoms with Crippen LogP contribution in [0.1, 0.15) is 18.1 Å². The number of ether oxygens (including phenoxy) is 3. The first-order valence-corrected chi connectivity index (χ1v) is 11.3. The van der Waals surface area contributed by atoms with Gasteiger partial charge in [-0.05, 0) is 78.7 Å². The minimum atomic E-state index is 0.451. The SMILES string of the molecule is CCOc1cc(CNc2ccc(Oc3ccccc3)cc2)ccc1OCc1ccc(Cl)cc1. The number of benzene rings is 4. The first-order chi connectivity index (χ1) is 16.2. The molecule has 0 saturated carbocycles. The summed E-state index contributed by atoms with van der Waals surface area (Å²) in [7, 11) is 0. The number of rotatable bonds is 10. The van der Waals surface area contributed by atoms with Gasteiger partial charge in [0.05, 0.1) is 6.61 Å². The lowest BCUT2D eigenvalue weighted by molar-refractivity contribution is 0.269. The van der Waals surface area contributed by atoms with Crippen molar-refractivity contribution in [3.63, 3.8) is 0 Å². The normalized spacial score (nSPS) is 10.5. The molecule has 168 valence electrons. The van der Waals surface area contributed by atoms with Crippen molar-refractivity contribution in [2.45, 2.75) is 20.1 Å². The van der Waals surface area contributed by atoms with Crippen molar-refractivity contribution < 1.29 is 14.2 Å². The van der Waals surface area contributed by atoms with Gasteiger partial charge in [0, 0.05) is 17.3 Å². The molecule has 1 N–H and O–H groups in total. The van der Waals surface area contributed by atoms with E-state index in [4.69, 9.17) is 25.8 Å². The zero-order chi connectivity index (χ0) is 22.9. The molecule has 0 saturated heterocycles. The Morgan fingerprint density at radius 2 is 1.39 bits per heavy atom. The zero-order valence-corrected chi connectivity index (χ0v) is 19.2. The van der Waals surface area contributed by atoms with Crippen molar-refractivity contribution in [1.82, 2.24) is 0 Å². The van der Waals surface area contributed by atoms with E-state index in [1.165, 1.54) is 0 Å². The standard InChI is InChI=1S/C28H26ClNO3/c1-2-31-28-18-22(10-17-27(28)32-20-21-8-11-23(29)12-9-21)19-30-24-13-15-26(16-14-24)33-25-6-4-3-5-7-25/h3-18,30H,2,19-20H2,1H3. The molecule has 0 aromatic heterocycles. The van der Waals surface area contributed by atoms with Crippen LogP contribution in [0.5, 0.6) is 23.0 Å². The fourth-order valence-corrected chi connectivity index (χ4v) is 3.39. The largest absolute Gasteiger partial charge is 0.490 e. The molecule has 33 heavy (non-hydrogen) atoms. The van der Waals surface area contributed by atoms with E-state index < -0.39 is 0 Å². The summed E-state index contributed by atoms with van der Waals surface area (Å²) in [6.45, 7) is 3.65. The molecular weight excluding hydrogens is 434 g/mol. The molecule has 0 unspecified atom stereocenters. The Balaban J connectivity index is 1.35. The number of hydrogen-bond donors (Lipinski definition) is 1. The fraction of sp³-hybridized carbons (Fsp3) is 0.143. The van der Waals surface area contributed by atoms with Crippen LogP contribution in [0.15, 0.2) is 97.1 Å². The van der Waals surface area contributed by atoms with Crippen LogP contribution in [0, 0.1) is 0 Å². The molecule has 0 spiro atoms. The molecule has 0 heterocycles. The molecule has 0 aliphatic carbocycles. The van der Waals surface area contributed by atoms with E-state index in [2.05, 4.69) is 5.32 Å². The van der Waals surface area contributed by atoms with Crippen molar-refractivity contribution >= 4 is 17.3 Å². The lowest BCUT2D eigenvalue weighted by Gasteiger charge is -2.14. The first kappa shape index (κ1) is 22.6. The Labute approximate surface area is 199 Å². The highest BCUT2D eigenvalue weighted by Crippen LogP contribution is 2.30. The average molecular weight is 460 g/mol. The molecule has 0 aliphatic rings. The Bertz CT molecular complexity index is 1150. The quantitative estimate of drug-likeness (QED) is 0.263. The van der Waals surface area contributed by atoms with Gasteiger partial charge in [-0.1, -0.05) is 48.0 Å². The maximum atomic E-state index is 5.99. The van der Waals surface area contributed by atoms with Gasteiger partial charge in [0.1, 0.15) is 18.1 Å². The Morgan fingerprint density at radius 1 is 0.697 bits per heavy atom. The predicted molar refractivity (Wildman–Crippen MR) is 134 cm³/mol. The van der Waals surface area contributed by atoms with E-state index in [1.54, 1.807) is 0 Å². The second-order valence-corrected chi connectivity index (χ2v) is 7.86. The van der Waals surface area contributed by atoms with E-state index in [9.17, 15) is 0 Å². The van der Waals surface area contributed by atoms with Crippen LogP contribution >= 0.6 is 11.6 Å². The molecule has 0 amide bonds. The summed E-state index contributed by atoms with van der Waals surface area (Å²) in [6, 6.07) is 31.3. The number of para-hydroxylation sites is 1. The third kappa shape index (κ3) is 6.67. The third-order valence-electron chi connectivity index (χ3n) is 4.95. The summed E-state index contributed by atoms with van der Waals surface area (Å²) in [4.78, 5) is 0. The van der Waals surface area contributed by atoms with Crippen molar-refractivity contribution in [1.29, 1.82) is 0 Å². The summed E-state index contributed by atoms with van der Waals surface area (Å²) in [5.74, 6) is 3.07. The minimum Gasteiger partial charge on any atom is -0.490 e. The van der Waals surface area contributed by atoms with Crippen molar-refractivity contribution in [3.8, 4) is 23.0 Å². The maximum absolute atomic E-state index is 5.99. The third-order valence-corrected chi connectivity index (χ3v) is 5.20. The van der Waals surface area contributed by atoms with Gasteiger partial charge in [-0.3, -0.25) is 0 Å². The summed E-state index contributed by atoms with van der Waals surface area (Å²) < 4.78 is 17.7. The number of nitrogens with one attached hydrogen (secondary N) is 1. The summed E-state index contributed by atoms with van der Waals surface area (Å²) in [5.41, 5.74) is 3.16. The smallest absolute Gasteiger partial charge is 0.161 e. The van der Waals surface area contributed by atoms with Crippen LogP contribution in [0.25, 0.3) is 0 Å². The van der Waals surface area contributed by atoms with Crippen LogP contribution in [-0.2, 0) is 13.2 Å². The molecule has 0 bridgehead atoms. The highest BCUT2D eigenvalue weighted by molar-refractivity contribution is 6.30. The highest BCUT2D eigenvalue weighted by Gasteiger charge is 2.08. The molecule has 0 atom stereocenters. The van der Waals surface area contributed by atoms with E-state index in [0.29, 0.717) is 24.8 Å². The number of halogens is 1. The Morgan fingerprint density at radius 3 is 2.12 bits per heavy atom. The van der Waals surface area contributed by atoms with Gasteiger partial charge >= 0.3 is 0 Å². The van der Waals surface area contributed by atoms with Gasteiger partial charge in [-0.15, -0.1) is 0 Å². The first-order valence-electron chi connectivity index (χ1n) is 10.9. The van der Waals surface area contributed by atoms with Gasteiger partial charge in [0.2, 0.25) is 0 Å². The molecule has 4 aromatic rings. The summed E-state index contributed by atoms with van der Waals surface area (Å²) in [5, 5.41) is 4.15. The lowest BCUT2D eigenvalue weighted by Crippen LogP contribution is -2.03. The molecule has 5 heteroatoms. The second kappa shape index (κ2) is 11.3. The number of anilines is 1. The van der Waals surface area contributed by atoms with Gasteiger partial charge in [-0.2, -0.15) is 0 Å². The van der Waals surface area contributed by atoms with Gasteiger partial charge in [0.15, 0.2) is 11.5 Å². The molecule has 4 aromatic carbocycles. The summed E-state index contributed by atoms with van der Waals surface area (Å²) in [6.07, 6.45) is 0. The van der Waals surface area contributed by atoms with Gasteiger partial charge in [-0.25, -0.2) is 0 Å². The molecule has 4 rings (SSSR count). The molecule has 0 fully saturated rings. The topological polar surface area (TPSA) is 39.7 Å².